The molecule has 86 valence electrons. The van der Waals surface area contributed by atoms with Gasteiger partial charge >= 0.3 is 41.5 Å². The molecule has 0 aliphatic rings. The molecule has 0 amide bonds. The van der Waals surface area contributed by atoms with Crippen molar-refractivity contribution in [1.29, 1.82) is 0 Å². The van der Waals surface area contributed by atoms with E-state index in [4.69, 9.17) is 10.2 Å². The maximum Gasteiger partial charge on any atom is 1.00 e. The van der Waals surface area contributed by atoms with Crippen molar-refractivity contribution in [2.75, 3.05) is 0 Å². The predicted molar refractivity (Wildman–Crippen MR) is 48.3 cm³/mol. The summed E-state index contributed by atoms with van der Waals surface area (Å²) in [5.41, 5.74) is -1.77. The van der Waals surface area contributed by atoms with Crippen LogP contribution in [0.25, 0.3) is 0 Å². The van der Waals surface area contributed by atoms with E-state index < -0.39 is 38.1 Å². The third-order valence-electron chi connectivity index (χ3n) is 1.74. The van der Waals surface area contributed by atoms with Crippen LogP contribution in [0.4, 0.5) is 0 Å². The third kappa shape index (κ3) is 3.51. The summed E-state index contributed by atoms with van der Waals surface area (Å²) >= 11 is 0. The average Bonchev–Trinajstić information content (AvgIpc) is 2.14. The minimum absolute atomic E-state index is 0. The number of rotatable bonds is 3. The maximum absolute atomic E-state index is 10.7. The van der Waals surface area contributed by atoms with E-state index in [0.717, 1.165) is 18.2 Å². The Labute approximate surface area is 118 Å². The molecule has 0 heterocycles. The molecule has 0 bridgehead atoms. The molecule has 0 atom stereocenters. The van der Waals surface area contributed by atoms with Gasteiger partial charge in [-0.2, -0.15) is 0 Å². The largest absolute Gasteiger partial charge is 1.00 e. The topological polar surface area (TPSA) is 132 Å². The van der Waals surface area contributed by atoms with E-state index in [1.165, 1.54) is 0 Å². The van der Waals surface area contributed by atoms with Gasteiger partial charge in [0.2, 0.25) is 0 Å². The summed E-state index contributed by atoms with van der Waals surface area (Å²) in [4.78, 5) is 20.3. The van der Waals surface area contributed by atoms with Crippen molar-refractivity contribution < 1.29 is 62.3 Å². The Morgan fingerprint density at radius 2 is 1.65 bits per heavy atom. The zero-order valence-electron chi connectivity index (χ0n) is 8.58. The van der Waals surface area contributed by atoms with E-state index in [9.17, 15) is 22.6 Å². The van der Waals surface area contributed by atoms with Crippen molar-refractivity contribution in [3.05, 3.63) is 29.3 Å². The Balaban J connectivity index is 0.00000256. The van der Waals surface area contributed by atoms with Crippen molar-refractivity contribution >= 4 is 22.1 Å². The average molecular weight is 268 g/mol. The molecule has 0 aliphatic carbocycles. The summed E-state index contributed by atoms with van der Waals surface area (Å²) in [6.45, 7) is 0. The Hall–Kier alpha value is -0.930. The first-order valence-electron chi connectivity index (χ1n) is 3.80. The first kappa shape index (κ1) is 16.1. The SMILES string of the molecule is O=C(O)c1cccc(S(=O)(=O)[O-])c1C(=O)O.[Na+]. The number of carboxylic acids is 2. The smallest absolute Gasteiger partial charge is 0.744 e. The van der Waals surface area contributed by atoms with Gasteiger partial charge in [0, 0.05) is 0 Å². The summed E-state index contributed by atoms with van der Waals surface area (Å²) < 4.78 is 32.2. The molecule has 0 radical (unpaired) electrons. The zero-order valence-corrected chi connectivity index (χ0v) is 11.4. The van der Waals surface area contributed by atoms with Crippen molar-refractivity contribution in [2.45, 2.75) is 4.90 Å². The molecule has 7 nitrogen and oxygen atoms in total. The van der Waals surface area contributed by atoms with E-state index >= 15 is 0 Å². The van der Waals surface area contributed by atoms with Gasteiger partial charge in [-0.3, -0.25) is 0 Å². The van der Waals surface area contributed by atoms with Crippen molar-refractivity contribution in [2.24, 2.45) is 0 Å². The van der Waals surface area contributed by atoms with Crippen molar-refractivity contribution in [3.8, 4) is 0 Å². The van der Waals surface area contributed by atoms with Crippen LogP contribution in [-0.4, -0.2) is 35.1 Å². The fraction of sp³-hybridized carbons (Fsp3) is 0. The second-order valence-electron chi connectivity index (χ2n) is 2.74. The predicted octanol–water partition coefficient (Wildman–Crippen LogP) is -3.01. The third-order valence-corrected chi connectivity index (χ3v) is 2.62. The summed E-state index contributed by atoms with van der Waals surface area (Å²) in [6.07, 6.45) is 0. The minimum Gasteiger partial charge on any atom is -0.744 e. The summed E-state index contributed by atoms with van der Waals surface area (Å²) in [6, 6.07) is 2.64. The normalized spacial score (nSPS) is 10.4. The molecule has 2 N–H and O–H groups in total. The Bertz CT molecular complexity index is 563. The van der Waals surface area contributed by atoms with Crippen LogP contribution in [-0.2, 0) is 10.1 Å². The molecule has 1 aromatic carbocycles. The van der Waals surface area contributed by atoms with Gasteiger partial charge in [0.1, 0.15) is 10.1 Å². The van der Waals surface area contributed by atoms with Crippen molar-refractivity contribution in [3.63, 3.8) is 0 Å². The van der Waals surface area contributed by atoms with Gasteiger partial charge in [-0.15, -0.1) is 0 Å². The van der Waals surface area contributed by atoms with Crippen LogP contribution in [0, 0.1) is 0 Å². The molecule has 0 aliphatic heterocycles. The van der Waals surface area contributed by atoms with E-state index in [0.29, 0.717) is 0 Å². The molecule has 0 aromatic heterocycles. The van der Waals surface area contributed by atoms with Crippen LogP contribution in [0.1, 0.15) is 20.7 Å². The number of carbonyl (C=O) groups is 2. The summed E-state index contributed by atoms with van der Waals surface area (Å²) in [5.74, 6) is -3.41. The molecule has 0 fully saturated rings. The molecule has 9 heteroatoms. The van der Waals surface area contributed by atoms with Crippen LogP contribution >= 0.6 is 0 Å². The fourth-order valence-corrected chi connectivity index (χ4v) is 1.83. The first-order chi connectivity index (χ1) is 7.25. The van der Waals surface area contributed by atoms with Gasteiger partial charge < -0.3 is 14.8 Å². The quantitative estimate of drug-likeness (QED) is 0.440. The molecule has 0 saturated carbocycles. The summed E-state index contributed by atoms with van der Waals surface area (Å²) in [5, 5.41) is 17.3. The number of carboxylic acid groups (broad SMARTS) is 2. The Morgan fingerprint density at radius 1 is 1.12 bits per heavy atom. The molecular formula is C8H5NaO7S. The first-order valence-corrected chi connectivity index (χ1v) is 5.21. The van der Waals surface area contributed by atoms with Gasteiger partial charge in [-0.25, -0.2) is 18.0 Å². The standard InChI is InChI=1S/C8H6O7S.Na/c9-7(10)4-2-1-3-5(16(13,14)15)6(4)8(11)12;/h1-3H,(H,9,10)(H,11,12)(H,13,14,15);/q;+1/p-1. The van der Waals surface area contributed by atoms with Crippen LogP contribution in [0.3, 0.4) is 0 Å². The van der Waals surface area contributed by atoms with Crippen LogP contribution in [0.2, 0.25) is 0 Å². The van der Waals surface area contributed by atoms with Gasteiger partial charge in [0.05, 0.1) is 16.0 Å². The van der Waals surface area contributed by atoms with Crippen LogP contribution in [0.15, 0.2) is 23.1 Å². The van der Waals surface area contributed by atoms with E-state index in [1.54, 1.807) is 0 Å². The van der Waals surface area contributed by atoms with Gasteiger partial charge in [-0.05, 0) is 12.1 Å². The molecule has 1 rings (SSSR count). The van der Waals surface area contributed by atoms with Gasteiger partial charge in [0.25, 0.3) is 0 Å². The van der Waals surface area contributed by atoms with E-state index in [1.807, 2.05) is 0 Å². The molecule has 0 saturated heterocycles. The minimum atomic E-state index is -5.03. The Kier molecular flexibility index (Phi) is 5.30. The van der Waals surface area contributed by atoms with Crippen LogP contribution < -0.4 is 29.6 Å². The summed E-state index contributed by atoms with van der Waals surface area (Å²) in [7, 11) is -5.03. The monoisotopic (exact) mass is 268 g/mol. The maximum atomic E-state index is 10.7. The van der Waals surface area contributed by atoms with Gasteiger partial charge in [-0.1, -0.05) is 6.07 Å². The molecular weight excluding hydrogens is 263 g/mol. The molecule has 1 aromatic rings. The van der Waals surface area contributed by atoms with E-state index in [2.05, 4.69) is 0 Å². The number of hydrogen-bond acceptors (Lipinski definition) is 5. The Morgan fingerprint density at radius 3 is 2.00 bits per heavy atom. The number of benzene rings is 1. The fourth-order valence-electron chi connectivity index (χ4n) is 1.14. The van der Waals surface area contributed by atoms with Crippen molar-refractivity contribution in [1.82, 2.24) is 0 Å². The van der Waals surface area contributed by atoms with Crippen LogP contribution in [0.5, 0.6) is 0 Å². The second-order valence-corrected chi connectivity index (χ2v) is 4.09. The van der Waals surface area contributed by atoms with Gasteiger partial charge in [0.15, 0.2) is 0 Å². The second kappa shape index (κ2) is 5.61. The number of aromatic carboxylic acids is 2. The molecule has 17 heavy (non-hydrogen) atoms. The molecule has 0 unspecified atom stereocenters. The zero-order chi connectivity index (χ0) is 12.5. The number of hydrogen-bond donors (Lipinski definition) is 2. The van der Waals surface area contributed by atoms with E-state index in [-0.39, 0.29) is 29.6 Å². The molecule has 0 spiro atoms.